The van der Waals surface area contributed by atoms with Gasteiger partial charge >= 0.3 is 7.82 Å². The lowest BCUT2D eigenvalue weighted by Gasteiger charge is -2.19. The van der Waals surface area contributed by atoms with E-state index in [1.54, 1.807) is 0 Å². The zero-order valence-corrected chi connectivity index (χ0v) is 14.3. The van der Waals surface area contributed by atoms with Crippen molar-refractivity contribution in [2.24, 2.45) is 0 Å². The quantitative estimate of drug-likeness (QED) is 0.683. The van der Waals surface area contributed by atoms with Crippen LogP contribution in [0.2, 0.25) is 5.02 Å². The molecule has 1 atom stereocenters. The van der Waals surface area contributed by atoms with Gasteiger partial charge in [-0.1, -0.05) is 37.6 Å². The highest BCUT2D eigenvalue weighted by Gasteiger charge is 2.11. The Kier molecular flexibility index (Phi) is 10.3. The van der Waals surface area contributed by atoms with Crippen LogP contribution < -0.4 is 0 Å². The number of hydrogen-bond acceptors (Lipinski definition) is 3. The number of halogens is 1. The first-order chi connectivity index (χ1) is 10.2. The Morgan fingerprint density at radius 1 is 1.23 bits per heavy atom. The van der Waals surface area contributed by atoms with E-state index in [2.05, 4.69) is 24.8 Å². The number of hydrogen-bond donors (Lipinski definition) is 3. The van der Waals surface area contributed by atoms with Crippen molar-refractivity contribution in [1.29, 1.82) is 5.26 Å². The molecular weight excluding hydrogens is 327 g/mol. The van der Waals surface area contributed by atoms with Crippen LogP contribution in [-0.2, 0) is 4.57 Å². The maximum atomic E-state index is 9.21. The van der Waals surface area contributed by atoms with Crippen molar-refractivity contribution in [3.8, 4) is 6.07 Å². The van der Waals surface area contributed by atoms with Gasteiger partial charge in [-0.2, -0.15) is 5.26 Å². The van der Waals surface area contributed by atoms with Gasteiger partial charge in [-0.25, -0.2) is 4.57 Å². The Balaban J connectivity index is 0.000000763. The zero-order valence-electron chi connectivity index (χ0n) is 12.7. The topological polar surface area (TPSA) is 105 Å². The first kappa shape index (κ1) is 21.1. The predicted octanol–water partition coefficient (Wildman–Crippen LogP) is 2.75. The molecule has 6 nitrogen and oxygen atoms in total. The van der Waals surface area contributed by atoms with Crippen LogP contribution in [0.4, 0.5) is 0 Å². The average Bonchev–Trinajstić information content (AvgIpc) is 2.43. The van der Waals surface area contributed by atoms with Crippen molar-refractivity contribution >= 4 is 19.4 Å². The van der Waals surface area contributed by atoms with E-state index < -0.39 is 7.82 Å². The molecule has 22 heavy (non-hydrogen) atoms. The lowest BCUT2D eigenvalue weighted by Crippen LogP contribution is -2.25. The molecule has 1 aromatic carbocycles. The summed E-state index contributed by atoms with van der Waals surface area (Å²) >= 11 is 5.84. The monoisotopic (exact) mass is 348 g/mol. The zero-order chi connectivity index (χ0) is 17.2. The molecular formula is C14H22ClN2O4P. The minimum atomic E-state index is -4.64. The molecule has 1 rings (SSSR count). The predicted molar refractivity (Wildman–Crippen MR) is 86.5 cm³/mol. The molecule has 0 aromatic heterocycles. The summed E-state index contributed by atoms with van der Waals surface area (Å²) in [6, 6.07) is 9.95. The summed E-state index contributed by atoms with van der Waals surface area (Å²) in [5, 5.41) is 9.92. The van der Waals surface area contributed by atoms with Crippen LogP contribution in [0.25, 0.3) is 0 Å². The largest absolute Gasteiger partial charge is 0.466 e. The molecule has 0 aliphatic heterocycles. The summed E-state index contributed by atoms with van der Waals surface area (Å²) in [6.07, 6.45) is 0.875. The molecule has 0 amide bonds. The smallest absolute Gasteiger partial charge is 0.304 e. The second-order valence-corrected chi connectivity index (χ2v) is 6.03. The molecule has 0 saturated carbocycles. The van der Waals surface area contributed by atoms with Gasteiger partial charge < -0.3 is 19.6 Å². The second-order valence-electron chi connectivity index (χ2n) is 4.56. The molecule has 0 spiro atoms. The number of nitrogens with zero attached hydrogens (tertiary/aromatic N) is 2. The lowest BCUT2D eigenvalue weighted by molar-refractivity contribution is 0.275. The van der Waals surface area contributed by atoms with E-state index >= 15 is 0 Å². The van der Waals surface area contributed by atoms with Crippen LogP contribution in [-0.4, -0.2) is 39.2 Å². The van der Waals surface area contributed by atoms with Crippen LogP contribution in [0.5, 0.6) is 0 Å². The van der Waals surface area contributed by atoms with Crippen LogP contribution in [0, 0.1) is 11.3 Å². The van der Waals surface area contributed by atoms with Gasteiger partial charge in [0, 0.05) is 5.02 Å². The minimum Gasteiger partial charge on any atom is -0.304 e. The number of phosphoric acid groups is 1. The maximum Gasteiger partial charge on any atom is 0.466 e. The van der Waals surface area contributed by atoms with Crippen molar-refractivity contribution in [2.45, 2.75) is 26.2 Å². The third-order valence-electron chi connectivity index (χ3n) is 3.06. The third-order valence-corrected chi connectivity index (χ3v) is 3.31. The Bertz CT molecular complexity index is 500. The van der Waals surface area contributed by atoms with Crippen molar-refractivity contribution in [2.75, 3.05) is 19.6 Å². The van der Waals surface area contributed by atoms with Gasteiger partial charge in [0.1, 0.15) is 0 Å². The van der Waals surface area contributed by atoms with Crippen LogP contribution >= 0.6 is 19.4 Å². The fourth-order valence-electron chi connectivity index (χ4n) is 1.85. The molecule has 0 fully saturated rings. The molecule has 0 saturated heterocycles. The fourth-order valence-corrected chi connectivity index (χ4v) is 1.98. The molecule has 124 valence electrons. The molecule has 0 heterocycles. The maximum absolute atomic E-state index is 9.21. The van der Waals surface area contributed by atoms with E-state index in [4.69, 9.17) is 30.8 Å². The van der Waals surface area contributed by atoms with E-state index in [0.29, 0.717) is 5.02 Å². The lowest BCUT2D eigenvalue weighted by atomic mass is 9.97. The summed E-state index contributed by atoms with van der Waals surface area (Å²) in [4.78, 5) is 23.9. The van der Waals surface area contributed by atoms with Gasteiger partial charge in [-0.05, 0) is 43.8 Å². The van der Waals surface area contributed by atoms with Gasteiger partial charge in [0.15, 0.2) is 0 Å². The highest BCUT2D eigenvalue weighted by atomic mass is 35.5. The molecule has 0 radical (unpaired) electrons. The number of rotatable bonds is 6. The van der Waals surface area contributed by atoms with Gasteiger partial charge in [0.05, 0.1) is 12.0 Å². The average molecular weight is 349 g/mol. The summed E-state index contributed by atoms with van der Waals surface area (Å²) in [5.74, 6) is -0.0344. The van der Waals surface area contributed by atoms with Gasteiger partial charge in [-0.3, -0.25) is 0 Å². The molecule has 0 bridgehead atoms. The summed E-state index contributed by atoms with van der Waals surface area (Å²) in [7, 11) is -4.64. The van der Waals surface area contributed by atoms with Gasteiger partial charge in [-0.15, -0.1) is 0 Å². The summed E-state index contributed by atoms with van der Waals surface area (Å²) in [6.45, 7) is 7.33. The summed E-state index contributed by atoms with van der Waals surface area (Å²) < 4.78 is 8.88. The third kappa shape index (κ3) is 10.7. The van der Waals surface area contributed by atoms with E-state index in [0.717, 1.165) is 31.6 Å². The fraction of sp³-hybridized carbons (Fsp3) is 0.500. The SMILES string of the molecule is CCN(CC)CCC(C#N)c1ccc(Cl)cc1.O=P(O)(O)O. The Morgan fingerprint density at radius 2 is 1.68 bits per heavy atom. The van der Waals surface area contributed by atoms with Crippen molar-refractivity contribution in [3.63, 3.8) is 0 Å². The molecule has 1 unspecified atom stereocenters. The molecule has 1 aromatic rings. The standard InChI is InChI=1S/C14H19ClN2.H3O4P/c1-3-17(4-2)10-9-13(11-16)12-5-7-14(15)8-6-12;1-5(2,3)4/h5-8,13H,3-4,9-10H2,1-2H3;(H3,1,2,3,4). The van der Waals surface area contributed by atoms with Crippen LogP contribution in [0.1, 0.15) is 31.7 Å². The molecule has 3 N–H and O–H groups in total. The Hall–Kier alpha value is -0.930. The van der Waals surface area contributed by atoms with E-state index in [1.807, 2.05) is 24.3 Å². The summed E-state index contributed by atoms with van der Waals surface area (Å²) in [5.41, 5.74) is 1.06. The van der Waals surface area contributed by atoms with Crippen molar-refractivity contribution in [3.05, 3.63) is 34.9 Å². The second kappa shape index (κ2) is 10.7. The Morgan fingerprint density at radius 3 is 2.05 bits per heavy atom. The normalized spacial score (nSPS) is 12.3. The highest BCUT2D eigenvalue weighted by Crippen LogP contribution is 2.25. The van der Waals surface area contributed by atoms with Crippen LogP contribution in [0.15, 0.2) is 24.3 Å². The minimum absolute atomic E-state index is 0.0344. The van der Waals surface area contributed by atoms with Crippen LogP contribution in [0.3, 0.4) is 0 Å². The number of benzene rings is 1. The molecule has 0 aliphatic rings. The van der Waals surface area contributed by atoms with Crippen molar-refractivity contribution < 1.29 is 19.2 Å². The first-order valence-corrected chi connectivity index (χ1v) is 8.81. The van der Waals surface area contributed by atoms with E-state index in [9.17, 15) is 5.26 Å². The first-order valence-electron chi connectivity index (χ1n) is 6.87. The van der Waals surface area contributed by atoms with Gasteiger partial charge in [0.25, 0.3) is 0 Å². The molecule has 0 aliphatic carbocycles. The number of nitriles is 1. The van der Waals surface area contributed by atoms with Crippen molar-refractivity contribution in [1.82, 2.24) is 4.90 Å². The van der Waals surface area contributed by atoms with Gasteiger partial charge in [0.2, 0.25) is 0 Å². The van der Waals surface area contributed by atoms with E-state index in [1.165, 1.54) is 0 Å². The Labute approximate surface area is 136 Å². The van der Waals surface area contributed by atoms with E-state index in [-0.39, 0.29) is 5.92 Å². The molecule has 8 heteroatoms. The highest BCUT2D eigenvalue weighted by molar-refractivity contribution is 7.45.